The smallest absolute Gasteiger partial charge is 0.270 e. The number of rotatable bonds is 2. The number of aromatic nitrogens is 3. The van der Waals surface area contributed by atoms with Gasteiger partial charge in [0.25, 0.3) is 5.91 Å². The summed E-state index contributed by atoms with van der Waals surface area (Å²) in [5.74, 6) is -0.391. The molecule has 5 nitrogen and oxygen atoms in total. The van der Waals surface area contributed by atoms with E-state index in [4.69, 9.17) is 0 Å². The van der Waals surface area contributed by atoms with Crippen molar-refractivity contribution in [3.8, 4) is 0 Å². The van der Waals surface area contributed by atoms with Crippen LogP contribution in [0.2, 0.25) is 0 Å². The first-order valence-electron chi connectivity index (χ1n) is 7.76. The van der Waals surface area contributed by atoms with Gasteiger partial charge >= 0.3 is 0 Å². The summed E-state index contributed by atoms with van der Waals surface area (Å²) in [4.78, 5) is 21.7. The third-order valence-corrected chi connectivity index (χ3v) is 4.47. The van der Waals surface area contributed by atoms with Crippen LogP contribution in [0, 0.1) is 5.82 Å². The number of amides is 1. The first kappa shape index (κ1) is 14.0. The Morgan fingerprint density at radius 3 is 3.09 bits per heavy atom. The maximum atomic E-state index is 13.8. The molecule has 1 saturated heterocycles. The average Bonchev–Trinajstić information content (AvgIpc) is 3.24. The van der Waals surface area contributed by atoms with Crippen LogP contribution in [0.3, 0.4) is 0 Å². The highest BCUT2D eigenvalue weighted by Gasteiger charge is 2.26. The molecule has 1 aliphatic rings. The van der Waals surface area contributed by atoms with Crippen LogP contribution in [0.25, 0.3) is 10.9 Å². The molecule has 1 fully saturated rings. The number of piperidine rings is 1. The lowest BCUT2D eigenvalue weighted by atomic mass is 10.1. The minimum Gasteiger partial charge on any atom is -0.350 e. The summed E-state index contributed by atoms with van der Waals surface area (Å²) in [6.45, 7) is 1.37. The highest BCUT2D eigenvalue weighted by atomic mass is 19.1. The van der Waals surface area contributed by atoms with Crippen LogP contribution in [-0.4, -0.2) is 38.4 Å². The first-order valence-corrected chi connectivity index (χ1v) is 7.76. The van der Waals surface area contributed by atoms with Crippen molar-refractivity contribution in [3.05, 3.63) is 54.5 Å². The van der Waals surface area contributed by atoms with Gasteiger partial charge in [0, 0.05) is 36.4 Å². The number of likely N-dealkylation sites (tertiary alicyclic amines) is 1. The third kappa shape index (κ3) is 2.50. The second-order valence-electron chi connectivity index (χ2n) is 5.94. The molecule has 3 aromatic rings. The lowest BCUT2D eigenvalue weighted by molar-refractivity contribution is 0.0674. The Hall–Kier alpha value is -2.63. The van der Waals surface area contributed by atoms with Gasteiger partial charge in [0.05, 0.1) is 12.4 Å². The van der Waals surface area contributed by atoms with E-state index >= 15 is 0 Å². The van der Waals surface area contributed by atoms with E-state index in [1.165, 1.54) is 6.07 Å². The van der Waals surface area contributed by atoms with Crippen molar-refractivity contribution in [1.29, 1.82) is 0 Å². The molecule has 1 N–H and O–H groups in total. The molecule has 23 heavy (non-hydrogen) atoms. The number of nitrogens with one attached hydrogen (secondary N) is 1. The Morgan fingerprint density at radius 1 is 1.39 bits per heavy atom. The molecule has 0 saturated carbocycles. The zero-order valence-corrected chi connectivity index (χ0v) is 12.6. The van der Waals surface area contributed by atoms with E-state index in [-0.39, 0.29) is 17.8 Å². The Kier molecular flexibility index (Phi) is 3.37. The van der Waals surface area contributed by atoms with Crippen LogP contribution < -0.4 is 0 Å². The maximum absolute atomic E-state index is 13.8. The zero-order chi connectivity index (χ0) is 15.8. The topological polar surface area (TPSA) is 53.9 Å². The van der Waals surface area contributed by atoms with Crippen molar-refractivity contribution in [1.82, 2.24) is 19.4 Å². The van der Waals surface area contributed by atoms with Gasteiger partial charge < -0.3 is 14.5 Å². The molecule has 118 valence electrons. The van der Waals surface area contributed by atoms with Gasteiger partial charge in [-0.05, 0) is 31.0 Å². The highest BCUT2D eigenvalue weighted by molar-refractivity contribution is 5.98. The molecule has 0 spiro atoms. The second kappa shape index (κ2) is 5.53. The van der Waals surface area contributed by atoms with Crippen LogP contribution in [-0.2, 0) is 0 Å². The standard InChI is InChI=1S/C17H17FN4O/c18-14-4-1-5-15-13(14)9-16(20-15)17(23)21-7-2-3-12(10-21)22-8-6-19-11-22/h1,4-6,8-9,11-12,20H,2-3,7,10H2/t12-/m0/s1. The van der Waals surface area contributed by atoms with Gasteiger partial charge in [0.15, 0.2) is 0 Å². The van der Waals surface area contributed by atoms with E-state index < -0.39 is 0 Å². The number of hydrogen-bond donors (Lipinski definition) is 1. The molecule has 0 radical (unpaired) electrons. The number of carbonyl (C=O) groups is 1. The summed E-state index contributed by atoms with van der Waals surface area (Å²) in [6.07, 6.45) is 7.44. The molecule has 1 atom stereocenters. The van der Waals surface area contributed by atoms with Gasteiger partial charge in [-0.3, -0.25) is 4.79 Å². The quantitative estimate of drug-likeness (QED) is 0.791. The number of carbonyl (C=O) groups excluding carboxylic acids is 1. The lowest BCUT2D eigenvalue weighted by Crippen LogP contribution is -2.40. The Balaban J connectivity index is 1.58. The van der Waals surface area contributed by atoms with E-state index in [9.17, 15) is 9.18 Å². The van der Waals surface area contributed by atoms with Crippen molar-refractivity contribution >= 4 is 16.8 Å². The summed E-state index contributed by atoms with van der Waals surface area (Å²) in [6, 6.07) is 6.67. The van der Waals surface area contributed by atoms with Gasteiger partial charge in [-0.25, -0.2) is 9.37 Å². The summed E-state index contributed by atoms with van der Waals surface area (Å²) in [5, 5.41) is 0.457. The number of fused-ring (bicyclic) bond motifs is 1. The Labute approximate surface area is 132 Å². The maximum Gasteiger partial charge on any atom is 0.270 e. The Bertz CT molecular complexity index is 840. The number of halogens is 1. The largest absolute Gasteiger partial charge is 0.350 e. The fourth-order valence-corrected chi connectivity index (χ4v) is 3.27. The van der Waals surface area contributed by atoms with E-state index in [1.54, 1.807) is 30.7 Å². The minimum absolute atomic E-state index is 0.0783. The number of aromatic amines is 1. The number of imidazole rings is 1. The van der Waals surface area contributed by atoms with Crippen LogP contribution in [0.4, 0.5) is 4.39 Å². The average molecular weight is 312 g/mol. The van der Waals surface area contributed by atoms with Crippen LogP contribution in [0.15, 0.2) is 43.0 Å². The SMILES string of the molecule is O=C(c1cc2c(F)cccc2[nH]1)N1CCC[C@H](n2ccnc2)C1. The molecule has 2 aromatic heterocycles. The fourth-order valence-electron chi connectivity index (χ4n) is 3.27. The molecule has 4 rings (SSSR count). The summed E-state index contributed by atoms with van der Waals surface area (Å²) in [7, 11) is 0. The van der Waals surface area contributed by atoms with Gasteiger partial charge in [0.2, 0.25) is 0 Å². The van der Waals surface area contributed by atoms with Crippen molar-refractivity contribution in [2.24, 2.45) is 0 Å². The molecule has 0 aliphatic carbocycles. The van der Waals surface area contributed by atoms with Crippen molar-refractivity contribution in [2.75, 3.05) is 13.1 Å². The number of H-pyrrole nitrogens is 1. The molecule has 6 heteroatoms. The van der Waals surface area contributed by atoms with Gasteiger partial charge in [-0.15, -0.1) is 0 Å². The number of hydrogen-bond acceptors (Lipinski definition) is 2. The normalized spacial score (nSPS) is 18.5. The molecule has 3 heterocycles. The van der Waals surface area contributed by atoms with E-state index in [2.05, 4.69) is 9.97 Å². The van der Waals surface area contributed by atoms with Crippen molar-refractivity contribution < 1.29 is 9.18 Å². The van der Waals surface area contributed by atoms with Crippen LogP contribution in [0.5, 0.6) is 0 Å². The molecular formula is C17H17FN4O. The number of benzene rings is 1. The monoisotopic (exact) mass is 312 g/mol. The number of nitrogens with zero attached hydrogens (tertiary/aromatic N) is 3. The molecule has 1 amide bonds. The molecule has 1 aliphatic heterocycles. The van der Waals surface area contributed by atoms with Crippen LogP contribution in [0.1, 0.15) is 29.4 Å². The second-order valence-corrected chi connectivity index (χ2v) is 5.94. The minimum atomic E-state index is -0.312. The highest BCUT2D eigenvalue weighted by Crippen LogP contribution is 2.24. The fraction of sp³-hybridized carbons (Fsp3) is 0.294. The molecule has 0 bridgehead atoms. The van der Waals surface area contributed by atoms with Crippen molar-refractivity contribution in [2.45, 2.75) is 18.9 Å². The predicted octanol–water partition coefficient (Wildman–Crippen LogP) is 2.98. The Morgan fingerprint density at radius 2 is 2.30 bits per heavy atom. The zero-order valence-electron chi connectivity index (χ0n) is 12.6. The third-order valence-electron chi connectivity index (χ3n) is 4.47. The van der Waals surface area contributed by atoms with E-state index in [0.717, 1.165) is 19.4 Å². The van der Waals surface area contributed by atoms with Gasteiger partial charge in [-0.1, -0.05) is 6.07 Å². The summed E-state index contributed by atoms with van der Waals surface area (Å²) < 4.78 is 15.8. The van der Waals surface area contributed by atoms with Crippen molar-refractivity contribution in [3.63, 3.8) is 0 Å². The predicted molar refractivity (Wildman–Crippen MR) is 84.7 cm³/mol. The lowest BCUT2D eigenvalue weighted by Gasteiger charge is -2.33. The van der Waals surface area contributed by atoms with E-state index in [1.807, 2.05) is 15.7 Å². The molecule has 1 aromatic carbocycles. The van der Waals surface area contributed by atoms with Crippen LogP contribution >= 0.6 is 0 Å². The molecular weight excluding hydrogens is 295 g/mol. The molecule has 0 unspecified atom stereocenters. The van der Waals surface area contributed by atoms with Gasteiger partial charge in [0.1, 0.15) is 11.5 Å². The summed E-state index contributed by atoms with van der Waals surface area (Å²) in [5.41, 5.74) is 1.09. The van der Waals surface area contributed by atoms with Gasteiger partial charge in [-0.2, -0.15) is 0 Å². The first-order chi connectivity index (χ1) is 11.2. The van der Waals surface area contributed by atoms with E-state index in [0.29, 0.717) is 23.1 Å². The summed E-state index contributed by atoms with van der Waals surface area (Å²) >= 11 is 0.